The first kappa shape index (κ1) is 68.2. The summed E-state index contributed by atoms with van der Waals surface area (Å²) in [7, 11) is 13.0. The Labute approximate surface area is 588 Å². The minimum atomic E-state index is 0.722. The maximum absolute atomic E-state index is 2.38. The van der Waals surface area contributed by atoms with Crippen LogP contribution in [0.1, 0.15) is 88.5 Å². The molecule has 0 amide bonds. The Kier molecular flexibility index (Phi) is 20.6. The zero-order chi connectivity index (χ0) is 68.5. The summed E-state index contributed by atoms with van der Waals surface area (Å²) < 4.78 is 13.8. The van der Waals surface area contributed by atoms with Gasteiger partial charge in [0.15, 0.2) is 105 Å². The minimum Gasteiger partial charge on any atom is -0.206 e. The topological polar surface area (TPSA) is 23.3 Å². The highest BCUT2D eigenvalue weighted by Crippen LogP contribution is 2.44. The predicted octanol–water partition coefficient (Wildman–Crippen LogP) is 16.8. The highest BCUT2D eigenvalue weighted by atomic mass is 15.0. The molecule has 6 aliphatic rings. The third kappa shape index (κ3) is 16.0. The molecule has 18 rings (SSSR count). The van der Waals surface area contributed by atoms with Crippen LogP contribution in [-0.4, -0.2) is 40.3 Å². The lowest BCUT2D eigenvalue weighted by Crippen LogP contribution is -2.34. The van der Waals surface area contributed by atoms with Crippen molar-refractivity contribution in [1.82, 2.24) is 0 Å². The van der Waals surface area contributed by atoms with E-state index in [2.05, 4.69) is 362 Å². The van der Waals surface area contributed by atoms with Crippen LogP contribution >= 0.6 is 0 Å². The van der Waals surface area contributed by atoms with Gasteiger partial charge in [0.2, 0.25) is 5.52 Å². The van der Waals surface area contributed by atoms with E-state index in [1.54, 1.807) is 0 Å². The largest absolute Gasteiger partial charge is 0.212 e. The highest BCUT2D eigenvalue weighted by Gasteiger charge is 2.47. The van der Waals surface area contributed by atoms with E-state index in [1.165, 1.54) is 150 Å². The first-order valence-corrected chi connectivity index (χ1v) is 37.0. The molecule has 6 aromatic carbocycles. The number of nitrogens with zero attached hydrogens (tertiary/aromatic N) is 6. The van der Waals surface area contributed by atoms with E-state index in [-0.39, 0.29) is 0 Å². The second-order valence-electron chi connectivity index (χ2n) is 31.1. The van der Waals surface area contributed by atoms with E-state index in [4.69, 9.17) is 0 Å². The van der Waals surface area contributed by atoms with Gasteiger partial charge in [0.05, 0.1) is 0 Å². The molecule has 6 aromatic heterocycles. The molecule has 6 atom stereocenters. The smallest absolute Gasteiger partial charge is 0.206 e. The number of benzene rings is 6. The van der Waals surface area contributed by atoms with Crippen LogP contribution in [-0.2, 0) is 48.7 Å². The standard InChI is InChI=1S/C17H23BN.2C15H17BN.3C13H15BN/c1-12(2)9-13-5-6-15-14(10-13)7-8-19(4)17(15)16-11-18(16)3;1-16-10-14(16)15-9-8-13(11-17(15)2)12-6-4-3-5-7-12;1-16-11-14(16)15-10-13(8-9-17(15)2)12-6-4-3-5-7-12;1-14-8-12(14)13-7-10-5-3-4-6-11(10)9-15(13)2;1-14-9-11(14)13-8-7-10-5-3-4-6-12(10)15(13)2;1-14-9-12(14)13-11-6-4-3-5-10(11)7-8-15(13)2/h5-8,10,12,16H,9,11H2,1-4H3;3-9,11,14H,10H2,1-2H3;3-10,14H,11H2,1-2H3;3-7,9,12H,8H2,1-2H3;3-8,11H,9H2,1-2H3;3-8,12H,9H2,1-2H3/q6*+1. The Balaban J connectivity index is 0.000000106. The van der Waals surface area contributed by atoms with Crippen LogP contribution < -0.4 is 27.4 Å². The summed E-state index contributed by atoms with van der Waals surface area (Å²) in [5, 5.41) is 9.68. The normalized spacial score (nSPS) is 18.9. The van der Waals surface area contributed by atoms with E-state index < -0.39 is 0 Å². The van der Waals surface area contributed by atoms with Crippen molar-refractivity contribution in [2.24, 2.45) is 48.2 Å². The first-order valence-electron chi connectivity index (χ1n) is 37.0. The summed E-state index contributed by atoms with van der Waals surface area (Å²) in [4.78, 5) is 0. The van der Waals surface area contributed by atoms with E-state index in [1.807, 2.05) is 0 Å². The van der Waals surface area contributed by atoms with E-state index in [0.717, 1.165) is 81.1 Å². The number of fused-ring (bicyclic) bond motifs is 4. The van der Waals surface area contributed by atoms with Crippen molar-refractivity contribution >= 4 is 83.5 Å². The van der Waals surface area contributed by atoms with Gasteiger partial charge < -0.3 is 0 Å². The molecule has 6 fully saturated rings. The molecule has 6 aliphatic heterocycles. The predicted molar refractivity (Wildman–Crippen MR) is 420 cm³/mol. The van der Waals surface area contributed by atoms with Gasteiger partial charge in [0.25, 0.3) is 0 Å². The number of para-hydroxylation sites is 1. The van der Waals surface area contributed by atoms with Gasteiger partial charge in [-0.3, -0.25) is 0 Å². The van der Waals surface area contributed by atoms with Gasteiger partial charge in [0, 0.05) is 111 Å². The van der Waals surface area contributed by atoms with Crippen LogP contribution in [0, 0.1) is 5.92 Å². The van der Waals surface area contributed by atoms with Crippen molar-refractivity contribution in [3.63, 3.8) is 0 Å². The number of pyridine rings is 6. The fourth-order valence-corrected chi connectivity index (χ4v) is 15.6. The van der Waals surface area contributed by atoms with Crippen molar-refractivity contribution in [2.75, 3.05) is 0 Å². The molecule has 12 heteroatoms. The van der Waals surface area contributed by atoms with Gasteiger partial charge in [-0.2, -0.15) is 4.57 Å². The molecule has 6 nitrogen and oxygen atoms in total. The molecular formula is C86H102B6N6+6. The van der Waals surface area contributed by atoms with E-state index in [0.29, 0.717) is 0 Å². The lowest BCUT2D eigenvalue weighted by molar-refractivity contribution is -0.678. The lowest BCUT2D eigenvalue weighted by atomic mass is 9.70. The number of rotatable bonds is 10. The zero-order valence-electron chi connectivity index (χ0n) is 61.2. The van der Waals surface area contributed by atoms with Gasteiger partial charge in [-0.15, -0.1) is 0 Å². The number of hydrogen-bond donors (Lipinski definition) is 0. The van der Waals surface area contributed by atoms with Crippen LogP contribution in [0.2, 0.25) is 78.9 Å². The number of aromatic nitrogens is 6. The summed E-state index contributed by atoms with van der Waals surface area (Å²) in [5.74, 6) is 5.40. The molecule has 12 aromatic rings. The summed E-state index contributed by atoms with van der Waals surface area (Å²) in [6.07, 6.45) is 20.3. The molecule has 0 N–H and O–H groups in total. The Morgan fingerprint density at radius 2 is 0.755 bits per heavy atom. The maximum atomic E-state index is 2.38. The van der Waals surface area contributed by atoms with Crippen LogP contribution in [0.5, 0.6) is 0 Å². The van der Waals surface area contributed by atoms with Crippen molar-refractivity contribution in [2.45, 2.75) is 134 Å². The zero-order valence-corrected chi connectivity index (χ0v) is 61.2. The summed E-state index contributed by atoms with van der Waals surface area (Å²) >= 11 is 0. The van der Waals surface area contributed by atoms with Crippen LogP contribution in [0.3, 0.4) is 0 Å². The molecule has 0 spiro atoms. The molecule has 0 radical (unpaired) electrons. The van der Waals surface area contributed by atoms with Crippen LogP contribution in [0.25, 0.3) is 65.5 Å². The molecule has 12 heterocycles. The van der Waals surface area contributed by atoms with Crippen LogP contribution in [0.4, 0.5) is 0 Å². The van der Waals surface area contributed by atoms with Gasteiger partial charge >= 0.3 is 0 Å². The van der Waals surface area contributed by atoms with Gasteiger partial charge in [0.1, 0.15) is 42.3 Å². The lowest BCUT2D eigenvalue weighted by Gasteiger charge is -2.08. The van der Waals surface area contributed by atoms with Gasteiger partial charge in [-0.25, -0.2) is 22.8 Å². The molecule has 0 aliphatic carbocycles. The van der Waals surface area contributed by atoms with Crippen molar-refractivity contribution < 1.29 is 27.4 Å². The van der Waals surface area contributed by atoms with Crippen molar-refractivity contribution in [3.05, 3.63) is 277 Å². The SMILES string of the molecule is CB1CC1c1c2ccc(CC(C)C)cc2cc[n+]1C.CB1CC1c1c2ccccc2cc[n+]1C.CB1CC1c1cc(-c2ccccc2)cc[n+]1C.CB1CC1c1cc2ccccc2c[n+]1C.CB1CC1c1ccc(-c2ccccc2)c[n+]1C.CB1CC1c1ccc2ccccc2[n+]1C. The van der Waals surface area contributed by atoms with Crippen molar-refractivity contribution in [1.29, 1.82) is 0 Å². The Morgan fingerprint density at radius 1 is 0.316 bits per heavy atom. The third-order valence-corrected chi connectivity index (χ3v) is 22.6. The van der Waals surface area contributed by atoms with Gasteiger partial charge in [-0.1, -0.05) is 214 Å². The monoisotopic (exact) mass is 1280 g/mol. The molecule has 6 unspecified atom stereocenters. The maximum Gasteiger partial charge on any atom is 0.212 e. The molecule has 0 bridgehead atoms. The number of hydrogen-bond acceptors (Lipinski definition) is 0. The first-order chi connectivity index (χ1) is 47.4. The summed E-state index contributed by atoms with van der Waals surface area (Å²) in [6.45, 7) is 23.8. The molecule has 98 heavy (non-hydrogen) atoms. The average molecular weight is 1280 g/mol. The second-order valence-corrected chi connectivity index (χ2v) is 31.1. The molecule has 0 saturated carbocycles. The highest BCUT2D eigenvalue weighted by molar-refractivity contribution is 6.72. The minimum absolute atomic E-state index is 0.722. The molecule has 488 valence electrons. The molecule has 6 saturated heterocycles. The fourth-order valence-electron chi connectivity index (χ4n) is 15.6. The quantitative estimate of drug-likeness (QED) is 0.0962. The fraction of sp³-hybridized carbons (Fsp3) is 0.326. The Morgan fingerprint density at radius 3 is 1.32 bits per heavy atom. The summed E-state index contributed by atoms with van der Waals surface area (Å²) in [5.41, 5.74) is 17.0. The average Bonchev–Trinajstić information content (AvgIpc) is 1.63. The molecular weight excluding hydrogens is 1180 g/mol. The van der Waals surface area contributed by atoms with Crippen LogP contribution in [0.15, 0.2) is 237 Å². The second kappa shape index (κ2) is 29.6. The van der Waals surface area contributed by atoms with E-state index >= 15 is 0 Å². The Bertz CT molecular complexity index is 4790. The Hall–Kier alpha value is -8.35. The van der Waals surface area contributed by atoms with Gasteiger partial charge in [-0.05, 0) is 87.1 Å². The van der Waals surface area contributed by atoms with E-state index in [9.17, 15) is 0 Å². The summed E-state index contributed by atoms with van der Waals surface area (Å²) in [6, 6.07) is 74.5. The third-order valence-electron chi connectivity index (χ3n) is 22.6. The van der Waals surface area contributed by atoms with Crippen molar-refractivity contribution in [3.8, 4) is 22.3 Å². The number of aryl methyl sites for hydroxylation is 6.